The predicted octanol–water partition coefficient (Wildman–Crippen LogP) is -5.88. The summed E-state index contributed by atoms with van der Waals surface area (Å²) in [5, 5.41) is 52.9. The minimum atomic E-state index is -1.93. The van der Waals surface area contributed by atoms with Gasteiger partial charge in [0.15, 0.2) is 0 Å². The van der Waals surface area contributed by atoms with Gasteiger partial charge < -0.3 is 30.1 Å². The first-order valence-electron chi connectivity index (χ1n) is 4.02. The summed E-state index contributed by atoms with van der Waals surface area (Å²) in [7, 11) is -5.72. The van der Waals surface area contributed by atoms with Crippen molar-refractivity contribution in [2.45, 2.75) is 0 Å². The van der Waals surface area contributed by atoms with E-state index in [0.717, 1.165) is 12.1 Å². The number of nitrogens with zero attached hydrogens (tertiary/aromatic N) is 1. The number of aromatic nitrogens is 1. The van der Waals surface area contributed by atoms with Crippen LogP contribution in [0, 0.1) is 0 Å². The molecule has 7 nitrogen and oxygen atoms in total. The van der Waals surface area contributed by atoms with Crippen molar-refractivity contribution < 1.29 is 30.1 Å². The summed E-state index contributed by atoms with van der Waals surface area (Å²) in [4.78, 5) is 3.49. The van der Waals surface area contributed by atoms with Crippen molar-refractivity contribution >= 4 is 38.0 Å². The van der Waals surface area contributed by atoms with E-state index in [0.29, 0.717) is 0 Å². The third-order valence-electron chi connectivity index (χ3n) is 1.71. The van der Waals surface area contributed by atoms with Crippen LogP contribution < -0.4 is 16.6 Å². The third kappa shape index (κ3) is 3.03. The quantitative estimate of drug-likeness (QED) is 0.274. The first-order valence-corrected chi connectivity index (χ1v) is 4.02. The van der Waals surface area contributed by atoms with Crippen molar-refractivity contribution in [1.29, 1.82) is 0 Å². The van der Waals surface area contributed by atoms with Gasteiger partial charge >= 0.3 is 21.4 Å². The van der Waals surface area contributed by atoms with Crippen LogP contribution >= 0.6 is 0 Å². The third-order valence-corrected chi connectivity index (χ3v) is 1.71. The van der Waals surface area contributed by atoms with Crippen molar-refractivity contribution in [3.63, 3.8) is 0 Å². The predicted molar refractivity (Wildman–Crippen MR) is 53.7 cm³/mol. The summed E-state index contributed by atoms with van der Waals surface area (Å²) < 4.78 is 0. The van der Waals surface area contributed by atoms with Gasteiger partial charge in [-0.1, -0.05) is 0 Å². The Morgan fingerprint density at radius 2 is 1.13 bits per heavy atom. The zero-order valence-corrected chi connectivity index (χ0v) is 7.52. The van der Waals surface area contributed by atoms with E-state index >= 15 is 0 Å². The van der Waals surface area contributed by atoms with E-state index < -0.39 is 21.4 Å². The summed E-state index contributed by atoms with van der Waals surface area (Å²) in [6.07, 6.45) is 0. The molecule has 0 aliphatic carbocycles. The van der Waals surface area contributed by atoms with Gasteiger partial charge in [-0.25, -0.2) is 0 Å². The van der Waals surface area contributed by atoms with Crippen LogP contribution in [0.25, 0.3) is 0 Å². The van der Waals surface area contributed by atoms with Crippen LogP contribution in [0.1, 0.15) is 0 Å². The van der Waals surface area contributed by atoms with Crippen molar-refractivity contribution in [2.24, 2.45) is 0 Å². The van der Waals surface area contributed by atoms with E-state index in [1.54, 1.807) is 0 Å². The lowest BCUT2D eigenvalue weighted by atomic mass is 9.72. The largest absolute Gasteiger partial charge is 0.508 e. The number of rotatable bonds is 3. The first kappa shape index (κ1) is 12.2. The number of hydrogen-bond donors (Lipinski definition) is 6. The molecular weight excluding hydrogens is 202 g/mol. The molecule has 0 spiro atoms. The number of pyridine rings is 1. The van der Waals surface area contributed by atoms with E-state index in [9.17, 15) is 0 Å². The van der Waals surface area contributed by atoms with Crippen LogP contribution in [0.4, 0.5) is 0 Å². The molecule has 0 amide bonds. The van der Waals surface area contributed by atoms with Gasteiger partial charge in [-0.2, -0.15) is 0 Å². The van der Waals surface area contributed by atoms with E-state index in [1.807, 2.05) is 0 Å². The molecule has 0 unspecified atom stereocenters. The molecule has 0 bridgehead atoms. The van der Waals surface area contributed by atoms with Gasteiger partial charge in [-0.05, 0) is 17.6 Å². The smallest absolute Gasteiger partial charge is 0.423 e. The summed E-state index contributed by atoms with van der Waals surface area (Å²) in [5.41, 5.74) is -0.719. The SMILES string of the molecule is OB(O)c1cc(B(O)O)nc(B(O)O)c1. The topological polar surface area (TPSA) is 134 Å². The van der Waals surface area contributed by atoms with Crippen molar-refractivity contribution in [2.75, 3.05) is 0 Å². The van der Waals surface area contributed by atoms with Gasteiger partial charge in [0.05, 0.1) is 11.2 Å². The summed E-state index contributed by atoms with van der Waals surface area (Å²) in [6.45, 7) is 0. The maximum Gasteiger partial charge on any atom is 0.508 e. The van der Waals surface area contributed by atoms with E-state index in [-0.39, 0.29) is 16.6 Å². The van der Waals surface area contributed by atoms with Crippen LogP contribution in [0.3, 0.4) is 0 Å². The van der Waals surface area contributed by atoms with Crippen molar-refractivity contribution in [1.82, 2.24) is 4.98 Å². The van der Waals surface area contributed by atoms with Crippen LogP contribution in [-0.4, -0.2) is 56.5 Å². The molecule has 10 heteroatoms. The molecule has 1 rings (SSSR count). The van der Waals surface area contributed by atoms with Crippen LogP contribution in [0.15, 0.2) is 12.1 Å². The van der Waals surface area contributed by atoms with Gasteiger partial charge in [0, 0.05) is 0 Å². The molecule has 6 N–H and O–H groups in total. The molecule has 0 saturated carbocycles. The number of hydrogen-bond acceptors (Lipinski definition) is 7. The lowest BCUT2D eigenvalue weighted by molar-refractivity contribution is 0.422. The highest BCUT2D eigenvalue weighted by Crippen LogP contribution is 1.80. The second-order valence-electron chi connectivity index (χ2n) is 2.87. The van der Waals surface area contributed by atoms with E-state index in [4.69, 9.17) is 30.1 Å². The summed E-state index contributed by atoms with van der Waals surface area (Å²) in [5.74, 6) is 0. The average molecular weight is 211 g/mol. The summed E-state index contributed by atoms with van der Waals surface area (Å²) >= 11 is 0. The van der Waals surface area contributed by atoms with Gasteiger partial charge in [-0.15, -0.1) is 0 Å². The Morgan fingerprint density at radius 3 is 1.40 bits per heavy atom. The molecule has 15 heavy (non-hydrogen) atoms. The fourth-order valence-electron chi connectivity index (χ4n) is 1.01. The normalized spacial score (nSPS) is 10.0. The molecule has 1 aromatic heterocycles. The fraction of sp³-hybridized carbons (Fsp3) is 0. The van der Waals surface area contributed by atoms with Crippen molar-refractivity contribution in [3.05, 3.63) is 12.1 Å². The van der Waals surface area contributed by atoms with Crippen molar-refractivity contribution in [3.8, 4) is 0 Å². The Balaban J connectivity index is 3.20. The van der Waals surface area contributed by atoms with Crippen LogP contribution in [0.2, 0.25) is 0 Å². The standard InChI is InChI=1S/C5H8B3NO6/c10-6(11)3-1-4(7(12)13)9-5(2-3)8(14)15/h1-2,10-15H. The van der Waals surface area contributed by atoms with Gasteiger partial charge in [0.1, 0.15) is 0 Å². The molecule has 1 heterocycles. The highest BCUT2D eigenvalue weighted by Gasteiger charge is 2.23. The van der Waals surface area contributed by atoms with Gasteiger partial charge in [-0.3, -0.25) is 4.98 Å². The molecule has 0 aliphatic rings. The Bertz CT molecular complexity index is 281. The second kappa shape index (κ2) is 4.75. The molecule has 78 valence electrons. The van der Waals surface area contributed by atoms with Crippen LogP contribution in [-0.2, 0) is 0 Å². The highest BCUT2D eigenvalue weighted by molar-refractivity contribution is 6.64. The zero-order chi connectivity index (χ0) is 11.6. The lowest BCUT2D eigenvalue weighted by Gasteiger charge is -2.07. The monoisotopic (exact) mass is 211 g/mol. The molecule has 0 radical (unpaired) electrons. The van der Waals surface area contributed by atoms with E-state index in [2.05, 4.69) is 4.98 Å². The molecular formula is C5H8B3NO6. The fourth-order valence-corrected chi connectivity index (χ4v) is 1.01. The second-order valence-corrected chi connectivity index (χ2v) is 2.87. The Kier molecular flexibility index (Phi) is 3.86. The molecule has 0 aromatic carbocycles. The zero-order valence-electron chi connectivity index (χ0n) is 7.52. The Hall–Kier alpha value is -0.895. The highest BCUT2D eigenvalue weighted by atomic mass is 16.4. The molecule has 0 atom stereocenters. The minimum absolute atomic E-state index is 0.115. The molecule has 0 saturated heterocycles. The molecule has 0 aliphatic heterocycles. The Labute approximate surface area is 86.1 Å². The average Bonchev–Trinajstić information content (AvgIpc) is 2.16. The lowest BCUT2D eigenvalue weighted by Crippen LogP contribution is -2.48. The maximum atomic E-state index is 8.84. The van der Waals surface area contributed by atoms with Crippen LogP contribution in [0.5, 0.6) is 0 Å². The molecule has 1 aromatic rings. The van der Waals surface area contributed by atoms with Gasteiger partial charge in [0.2, 0.25) is 0 Å². The maximum absolute atomic E-state index is 8.84. The van der Waals surface area contributed by atoms with E-state index in [1.165, 1.54) is 0 Å². The summed E-state index contributed by atoms with van der Waals surface area (Å²) in [6, 6.07) is 2.06. The minimum Gasteiger partial charge on any atom is -0.423 e. The Morgan fingerprint density at radius 1 is 0.733 bits per heavy atom. The first-order chi connectivity index (χ1) is 6.91. The molecule has 0 fully saturated rings. The van der Waals surface area contributed by atoms with Gasteiger partial charge in [0.25, 0.3) is 0 Å².